The van der Waals surface area contributed by atoms with Crippen LogP contribution in [0.5, 0.6) is 0 Å². The minimum atomic E-state index is -3.60. The van der Waals surface area contributed by atoms with Gasteiger partial charge in [0.25, 0.3) is 10.1 Å². The molecule has 0 aromatic heterocycles. The van der Waals surface area contributed by atoms with Crippen LogP contribution in [-0.2, 0) is 20.7 Å². The third kappa shape index (κ3) is 15.1. The first kappa shape index (κ1) is 29.2. The molecule has 0 heterocycles. The lowest BCUT2D eigenvalue weighted by atomic mass is 10.0. The molecular weight excluding hydrogens is 416 g/mol. The highest BCUT2D eigenvalue weighted by Crippen LogP contribution is 2.17. The van der Waals surface area contributed by atoms with E-state index in [0.29, 0.717) is 0 Å². The van der Waals surface area contributed by atoms with Gasteiger partial charge in [-0.05, 0) is 37.0 Å². The van der Waals surface area contributed by atoms with E-state index in [1.165, 1.54) is 108 Å². The monoisotopic (exact) mass is 466 g/mol. The topological polar surface area (TPSA) is 43.4 Å². The highest BCUT2D eigenvalue weighted by Gasteiger charge is 2.14. The summed E-state index contributed by atoms with van der Waals surface area (Å²) in [4.78, 5) is 0.268. The first-order chi connectivity index (χ1) is 15.6. The van der Waals surface area contributed by atoms with E-state index < -0.39 is 10.1 Å². The van der Waals surface area contributed by atoms with Gasteiger partial charge in [0.2, 0.25) is 0 Å². The highest BCUT2D eigenvalue weighted by molar-refractivity contribution is 7.86. The van der Waals surface area contributed by atoms with Gasteiger partial charge in [0.05, 0.1) is 11.5 Å². The molecule has 0 atom stereocenters. The third-order valence-corrected chi connectivity index (χ3v) is 7.59. The van der Waals surface area contributed by atoms with E-state index in [1.807, 2.05) is 19.1 Å². The van der Waals surface area contributed by atoms with E-state index in [2.05, 4.69) is 6.92 Å². The van der Waals surface area contributed by atoms with Crippen molar-refractivity contribution in [1.82, 2.24) is 0 Å². The molecule has 0 aliphatic rings. The van der Waals surface area contributed by atoms with Gasteiger partial charge >= 0.3 is 0 Å². The van der Waals surface area contributed by atoms with Crippen molar-refractivity contribution in [2.24, 2.45) is 0 Å². The molecule has 3 nitrogen and oxygen atoms in total. The molecule has 0 saturated heterocycles. The molecule has 0 aliphatic carbocycles. The van der Waals surface area contributed by atoms with Crippen LogP contribution in [0.1, 0.15) is 135 Å². The second-order valence-electron chi connectivity index (χ2n) is 9.33. The average Bonchev–Trinajstić information content (AvgIpc) is 2.79. The van der Waals surface area contributed by atoms with E-state index in [4.69, 9.17) is 4.18 Å². The van der Waals surface area contributed by atoms with Crippen molar-refractivity contribution in [3.63, 3.8) is 0 Å². The van der Waals surface area contributed by atoms with Crippen LogP contribution in [0, 0.1) is 0 Å². The van der Waals surface area contributed by atoms with Crippen LogP contribution in [0.2, 0.25) is 0 Å². The van der Waals surface area contributed by atoms with Crippen LogP contribution in [0.15, 0.2) is 29.2 Å². The predicted molar refractivity (Wildman–Crippen MR) is 138 cm³/mol. The highest BCUT2D eigenvalue weighted by atomic mass is 32.2. The van der Waals surface area contributed by atoms with E-state index >= 15 is 0 Å². The van der Waals surface area contributed by atoms with Crippen LogP contribution in [-0.4, -0.2) is 15.0 Å². The molecule has 0 unspecified atom stereocenters. The van der Waals surface area contributed by atoms with E-state index in [1.54, 1.807) is 12.1 Å². The molecule has 0 N–H and O–H groups in total. The largest absolute Gasteiger partial charge is 0.296 e. The fourth-order valence-corrected chi connectivity index (χ4v) is 5.02. The van der Waals surface area contributed by atoms with Gasteiger partial charge in [0.15, 0.2) is 0 Å². The first-order valence-corrected chi connectivity index (χ1v) is 15.0. The zero-order chi connectivity index (χ0) is 23.3. The van der Waals surface area contributed by atoms with Gasteiger partial charge in [0.1, 0.15) is 0 Å². The van der Waals surface area contributed by atoms with Crippen LogP contribution in [0.25, 0.3) is 0 Å². The molecule has 32 heavy (non-hydrogen) atoms. The number of hydrogen-bond donors (Lipinski definition) is 0. The summed E-state index contributed by atoms with van der Waals surface area (Å²) in [5, 5.41) is 0. The Morgan fingerprint density at radius 1 is 0.562 bits per heavy atom. The Morgan fingerprint density at radius 2 is 0.969 bits per heavy atom. The van der Waals surface area contributed by atoms with Crippen molar-refractivity contribution >= 4 is 10.1 Å². The maximum absolute atomic E-state index is 12.1. The van der Waals surface area contributed by atoms with Crippen molar-refractivity contribution in [2.75, 3.05) is 6.61 Å². The molecule has 1 rings (SSSR count). The lowest BCUT2D eigenvalue weighted by Crippen LogP contribution is -2.07. The molecule has 0 amide bonds. The molecule has 0 aliphatic heterocycles. The number of benzene rings is 1. The Labute approximate surface area is 199 Å². The van der Waals surface area contributed by atoms with E-state index in [9.17, 15) is 8.42 Å². The number of aryl methyl sites for hydroxylation is 1. The summed E-state index contributed by atoms with van der Waals surface area (Å²) < 4.78 is 29.3. The van der Waals surface area contributed by atoms with Crippen LogP contribution < -0.4 is 0 Å². The summed E-state index contributed by atoms with van der Waals surface area (Å²) in [5.74, 6) is 0. The lowest BCUT2D eigenvalue weighted by molar-refractivity contribution is 0.311. The molecule has 1 aromatic carbocycles. The first-order valence-electron chi connectivity index (χ1n) is 13.6. The Balaban J connectivity index is 1.96. The minimum Gasteiger partial charge on any atom is -0.266 e. The van der Waals surface area contributed by atoms with Gasteiger partial charge in [-0.2, -0.15) is 8.42 Å². The summed E-state index contributed by atoms with van der Waals surface area (Å²) >= 11 is 0. The molecule has 186 valence electrons. The van der Waals surface area contributed by atoms with E-state index in [0.717, 1.165) is 19.3 Å². The molecule has 4 heteroatoms. The Morgan fingerprint density at radius 3 is 1.41 bits per heavy atom. The average molecular weight is 467 g/mol. The van der Waals surface area contributed by atoms with Gasteiger partial charge in [0, 0.05) is 0 Å². The Hall–Kier alpha value is -0.870. The van der Waals surface area contributed by atoms with Crippen LogP contribution >= 0.6 is 0 Å². The summed E-state index contributed by atoms with van der Waals surface area (Å²) in [6.45, 7) is 4.56. The molecule has 0 saturated carbocycles. The zero-order valence-electron chi connectivity index (χ0n) is 21.1. The van der Waals surface area contributed by atoms with Crippen molar-refractivity contribution in [2.45, 2.75) is 141 Å². The van der Waals surface area contributed by atoms with Crippen molar-refractivity contribution < 1.29 is 12.6 Å². The molecule has 0 bridgehead atoms. The second-order valence-corrected chi connectivity index (χ2v) is 10.9. The van der Waals surface area contributed by atoms with Crippen molar-refractivity contribution in [3.8, 4) is 0 Å². The summed E-state index contributed by atoms with van der Waals surface area (Å²) in [6, 6.07) is 7.23. The van der Waals surface area contributed by atoms with Gasteiger partial charge in [-0.1, -0.05) is 129 Å². The molecule has 0 fully saturated rings. The van der Waals surface area contributed by atoms with Gasteiger partial charge in [-0.15, -0.1) is 0 Å². The Bertz CT molecular complexity index is 637. The minimum absolute atomic E-state index is 0.264. The van der Waals surface area contributed by atoms with E-state index in [-0.39, 0.29) is 11.5 Å². The third-order valence-electron chi connectivity index (χ3n) is 6.27. The maximum atomic E-state index is 12.1. The van der Waals surface area contributed by atoms with Gasteiger partial charge in [-0.25, -0.2) is 0 Å². The predicted octanol–water partition coefficient (Wildman–Crippen LogP) is 9.00. The SMILES string of the molecule is CCCCCCCCCCCCCCCCCCc1ccc(S(=O)(=O)OCCCC)cc1. The lowest BCUT2D eigenvalue weighted by Gasteiger charge is -2.07. The number of hydrogen-bond acceptors (Lipinski definition) is 3. The van der Waals surface area contributed by atoms with Gasteiger partial charge in [-0.3, -0.25) is 4.18 Å². The smallest absolute Gasteiger partial charge is 0.266 e. The number of rotatable bonds is 22. The number of unbranched alkanes of at least 4 members (excludes halogenated alkanes) is 16. The quantitative estimate of drug-likeness (QED) is 0.126. The molecular formula is C28H50O3S. The standard InChI is InChI=1S/C28H50O3S/c1-3-5-7-8-9-10-11-12-13-14-15-16-17-18-19-20-21-27-22-24-28(25-23-27)32(29,30)31-26-6-4-2/h22-25H,3-21,26H2,1-2H3. The zero-order valence-corrected chi connectivity index (χ0v) is 21.9. The van der Waals surface area contributed by atoms with Crippen LogP contribution in [0.3, 0.4) is 0 Å². The second kappa shape index (κ2) is 19.6. The summed E-state index contributed by atoms with van der Waals surface area (Å²) in [7, 11) is -3.60. The molecule has 1 aromatic rings. The maximum Gasteiger partial charge on any atom is 0.296 e. The summed E-state index contributed by atoms with van der Waals surface area (Å²) in [6.07, 6.45) is 24.8. The molecule has 0 spiro atoms. The fourth-order valence-electron chi connectivity index (χ4n) is 4.08. The molecule has 0 radical (unpaired) electrons. The Kier molecular flexibility index (Phi) is 17.8. The van der Waals surface area contributed by atoms with Crippen molar-refractivity contribution in [1.29, 1.82) is 0 Å². The summed E-state index contributed by atoms with van der Waals surface area (Å²) in [5.41, 5.74) is 1.21. The van der Waals surface area contributed by atoms with Gasteiger partial charge < -0.3 is 0 Å². The fraction of sp³-hybridized carbons (Fsp3) is 0.786. The van der Waals surface area contributed by atoms with Crippen LogP contribution in [0.4, 0.5) is 0 Å². The normalized spacial score (nSPS) is 11.8. The van der Waals surface area contributed by atoms with Crippen molar-refractivity contribution in [3.05, 3.63) is 29.8 Å².